The molecule has 100 valence electrons. The fourth-order valence-electron chi connectivity index (χ4n) is 2.61. The lowest BCUT2D eigenvalue weighted by atomic mass is 9.98. The van der Waals surface area contributed by atoms with E-state index >= 15 is 0 Å². The van der Waals surface area contributed by atoms with Gasteiger partial charge in [0.05, 0.1) is 0 Å². The highest BCUT2D eigenvalue weighted by Gasteiger charge is 2.34. The van der Waals surface area contributed by atoms with Crippen LogP contribution in [0.15, 0.2) is 18.2 Å². The van der Waals surface area contributed by atoms with Gasteiger partial charge < -0.3 is 10.2 Å². The molecule has 19 heavy (non-hydrogen) atoms. The van der Waals surface area contributed by atoms with Gasteiger partial charge in [-0.05, 0) is 42.5 Å². The SMILES string of the molecule is CC(=O)Nc1ccc2c(c1)CN(C(=O)C1CC1)CC2. The summed E-state index contributed by atoms with van der Waals surface area (Å²) in [6, 6.07) is 5.97. The number of rotatable bonds is 2. The third kappa shape index (κ3) is 2.62. The van der Waals surface area contributed by atoms with Crippen LogP contribution in [0.5, 0.6) is 0 Å². The Morgan fingerprint density at radius 2 is 2.05 bits per heavy atom. The third-order valence-corrected chi connectivity index (χ3v) is 3.78. The number of carbonyl (C=O) groups is 2. The van der Waals surface area contributed by atoms with Crippen LogP contribution in [0.2, 0.25) is 0 Å². The minimum Gasteiger partial charge on any atom is -0.338 e. The Morgan fingerprint density at radius 1 is 1.26 bits per heavy atom. The fourth-order valence-corrected chi connectivity index (χ4v) is 2.61. The molecule has 1 aliphatic heterocycles. The van der Waals surface area contributed by atoms with Crippen LogP contribution in [0.4, 0.5) is 5.69 Å². The van der Waals surface area contributed by atoms with Crippen molar-refractivity contribution in [3.8, 4) is 0 Å². The number of nitrogens with one attached hydrogen (secondary N) is 1. The van der Waals surface area contributed by atoms with Gasteiger partial charge in [-0.3, -0.25) is 9.59 Å². The van der Waals surface area contributed by atoms with E-state index in [4.69, 9.17) is 0 Å². The van der Waals surface area contributed by atoms with Gasteiger partial charge in [0, 0.05) is 31.6 Å². The lowest BCUT2D eigenvalue weighted by Gasteiger charge is -2.29. The molecule has 1 aromatic rings. The zero-order chi connectivity index (χ0) is 13.4. The molecular formula is C15H18N2O2. The first-order valence-electron chi connectivity index (χ1n) is 6.81. The van der Waals surface area contributed by atoms with Crippen molar-refractivity contribution in [2.45, 2.75) is 32.7 Å². The van der Waals surface area contributed by atoms with Crippen molar-refractivity contribution in [1.82, 2.24) is 4.90 Å². The maximum absolute atomic E-state index is 12.1. The number of fused-ring (bicyclic) bond motifs is 1. The van der Waals surface area contributed by atoms with Crippen LogP contribution in [0.25, 0.3) is 0 Å². The molecular weight excluding hydrogens is 240 g/mol. The highest BCUT2D eigenvalue weighted by Crippen LogP contribution is 2.33. The Balaban J connectivity index is 1.77. The smallest absolute Gasteiger partial charge is 0.225 e. The molecule has 0 atom stereocenters. The average molecular weight is 258 g/mol. The predicted molar refractivity (Wildman–Crippen MR) is 72.6 cm³/mol. The first kappa shape index (κ1) is 12.2. The lowest BCUT2D eigenvalue weighted by Crippen LogP contribution is -2.36. The molecule has 4 heteroatoms. The van der Waals surface area contributed by atoms with Gasteiger partial charge in [-0.2, -0.15) is 0 Å². The molecule has 0 saturated heterocycles. The highest BCUT2D eigenvalue weighted by atomic mass is 16.2. The summed E-state index contributed by atoms with van der Waals surface area (Å²) in [6.07, 6.45) is 3.01. The Hall–Kier alpha value is -1.84. The number of hydrogen-bond donors (Lipinski definition) is 1. The van der Waals surface area contributed by atoms with Gasteiger partial charge in [-0.1, -0.05) is 6.07 Å². The summed E-state index contributed by atoms with van der Waals surface area (Å²) in [7, 11) is 0. The Morgan fingerprint density at radius 3 is 2.74 bits per heavy atom. The van der Waals surface area contributed by atoms with Crippen molar-refractivity contribution in [3.63, 3.8) is 0 Å². The standard InChI is InChI=1S/C15H18N2O2/c1-10(18)16-14-5-4-11-6-7-17(9-13(11)8-14)15(19)12-2-3-12/h4-5,8,12H,2-3,6-7,9H2,1H3,(H,16,18). The second kappa shape index (κ2) is 4.68. The number of nitrogens with zero attached hydrogens (tertiary/aromatic N) is 1. The molecule has 2 amide bonds. The molecule has 1 saturated carbocycles. The van der Waals surface area contributed by atoms with Crippen LogP contribution in [-0.4, -0.2) is 23.3 Å². The van der Waals surface area contributed by atoms with Crippen molar-refractivity contribution >= 4 is 17.5 Å². The Labute approximate surface area is 112 Å². The van der Waals surface area contributed by atoms with Gasteiger partial charge in [0.15, 0.2) is 0 Å². The lowest BCUT2D eigenvalue weighted by molar-refractivity contribution is -0.133. The second-order valence-electron chi connectivity index (χ2n) is 5.45. The molecule has 1 heterocycles. The summed E-state index contributed by atoms with van der Waals surface area (Å²) in [4.78, 5) is 25.1. The minimum atomic E-state index is -0.0679. The van der Waals surface area contributed by atoms with E-state index in [1.807, 2.05) is 17.0 Å². The molecule has 0 aromatic heterocycles. The maximum atomic E-state index is 12.1. The van der Waals surface area contributed by atoms with Gasteiger partial charge in [-0.25, -0.2) is 0 Å². The predicted octanol–water partition coefficient (Wildman–Crippen LogP) is 1.94. The van der Waals surface area contributed by atoms with Crippen molar-refractivity contribution in [2.75, 3.05) is 11.9 Å². The van der Waals surface area contributed by atoms with Crippen LogP contribution in [0, 0.1) is 5.92 Å². The topological polar surface area (TPSA) is 49.4 Å². The molecule has 0 bridgehead atoms. The molecule has 2 aliphatic rings. The van der Waals surface area contributed by atoms with Gasteiger partial charge >= 0.3 is 0 Å². The molecule has 1 fully saturated rings. The molecule has 1 aromatic carbocycles. The van der Waals surface area contributed by atoms with Crippen LogP contribution in [0.1, 0.15) is 30.9 Å². The minimum absolute atomic E-state index is 0.0679. The van der Waals surface area contributed by atoms with Crippen molar-refractivity contribution in [2.24, 2.45) is 5.92 Å². The van der Waals surface area contributed by atoms with E-state index in [1.165, 1.54) is 12.5 Å². The number of benzene rings is 1. The van der Waals surface area contributed by atoms with E-state index in [2.05, 4.69) is 11.4 Å². The quantitative estimate of drug-likeness (QED) is 0.881. The van der Waals surface area contributed by atoms with Gasteiger partial charge in [0.2, 0.25) is 11.8 Å². The molecule has 4 nitrogen and oxygen atoms in total. The monoisotopic (exact) mass is 258 g/mol. The molecule has 0 spiro atoms. The number of amides is 2. The van der Waals surface area contributed by atoms with Crippen molar-refractivity contribution < 1.29 is 9.59 Å². The number of carbonyl (C=O) groups excluding carboxylic acids is 2. The van der Waals surface area contributed by atoms with Crippen molar-refractivity contribution in [1.29, 1.82) is 0 Å². The first-order chi connectivity index (χ1) is 9.13. The normalized spacial score (nSPS) is 17.8. The summed E-state index contributed by atoms with van der Waals surface area (Å²) in [6.45, 7) is 3.00. The van der Waals surface area contributed by atoms with E-state index in [1.54, 1.807) is 0 Å². The summed E-state index contributed by atoms with van der Waals surface area (Å²) < 4.78 is 0. The fraction of sp³-hybridized carbons (Fsp3) is 0.467. The summed E-state index contributed by atoms with van der Waals surface area (Å²) in [5.41, 5.74) is 3.26. The van der Waals surface area contributed by atoms with Crippen LogP contribution >= 0.6 is 0 Å². The van der Waals surface area contributed by atoms with Crippen LogP contribution < -0.4 is 5.32 Å². The van der Waals surface area contributed by atoms with Gasteiger partial charge in [0.1, 0.15) is 0 Å². The highest BCUT2D eigenvalue weighted by molar-refractivity contribution is 5.88. The summed E-state index contributed by atoms with van der Waals surface area (Å²) in [5.74, 6) is 0.511. The zero-order valence-corrected chi connectivity index (χ0v) is 11.1. The molecule has 0 unspecified atom stereocenters. The van der Waals surface area contributed by atoms with E-state index in [9.17, 15) is 9.59 Å². The van der Waals surface area contributed by atoms with E-state index in [0.717, 1.165) is 37.1 Å². The van der Waals surface area contributed by atoms with Gasteiger partial charge in [0.25, 0.3) is 0 Å². The van der Waals surface area contributed by atoms with E-state index in [-0.39, 0.29) is 11.8 Å². The zero-order valence-electron chi connectivity index (χ0n) is 11.1. The molecule has 3 rings (SSSR count). The largest absolute Gasteiger partial charge is 0.338 e. The maximum Gasteiger partial charge on any atom is 0.225 e. The van der Waals surface area contributed by atoms with E-state index in [0.29, 0.717) is 12.5 Å². The summed E-state index contributed by atoms with van der Waals surface area (Å²) in [5, 5.41) is 2.79. The summed E-state index contributed by atoms with van der Waals surface area (Å²) >= 11 is 0. The molecule has 0 radical (unpaired) electrons. The van der Waals surface area contributed by atoms with Gasteiger partial charge in [-0.15, -0.1) is 0 Å². The van der Waals surface area contributed by atoms with Crippen LogP contribution in [-0.2, 0) is 22.6 Å². The second-order valence-corrected chi connectivity index (χ2v) is 5.45. The average Bonchev–Trinajstić information content (AvgIpc) is 3.20. The van der Waals surface area contributed by atoms with E-state index < -0.39 is 0 Å². The number of anilines is 1. The Kier molecular flexibility index (Phi) is 3.01. The molecule has 1 N–H and O–H groups in total. The Bertz CT molecular complexity index is 535. The van der Waals surface area contributed by atoms with Crippen LogP contribution in [0.3, 0.4) is 0 Å². The first-order valence-corrected chi connectivity index (χ1v) is 6.81. The van der Waals surface area contributed by atoms with Crippen molar-refractivity contribution in [3.05, 3.63) is 29.3 Å². The third-order valence-electron chi connectivity index (χ3n) is 3.78. The molecule has 1 aliphatic carbocycles. The number of hydrogen-bond acceptors (Lipinski definition) is 2.